The van der Waals surface area contributed by atoms with Crippen molar-refractivity contribution in [2.24, 2.45) is 0 Å². The molecule has 0 spiro atoms. The van der Waals surface area contributed by atoms with Crippen LogP contribution in [0.4, 0.5) is 0 Å². The number of rotatable bonds is 5. The molecule has 0 saturated carbocycles. The zero-order chi connectivity index (χ0) is 9.56. The van der Waals surface area contributed by atoms with Gasteiger partial charge in [0, 0.05) is 12.2 Å². The van der Waals surface area contributed by atoms with Gasteiger partial charge in [-0.1, -0.05) is 6.58 Å². The van der Waals surface area contributed by atoms with Crippen molar-refractivity contribution in [1.29, 1.82) is 0 Å². The molecule has 4 nitrogen and oxygen atoms in total. The van der Waals surface area contributed by atoms with Gasteiger partial charge in [0.2, 0.25) is 6.29 Å². The molecule has 0 aromatic carbocycles. The maximum atomic E-state index is 10.9. The van der Waals surface area contributed by atoms with Crippen LogP contribution in [0.15, 0.2) is 12.2 Å². The fraction of sp³-hybridized carbons (Fsp3) is 0.625. The molecule has 0 radical (unpaired) electrons. The van der Waals surface area contributed by atoms with Crippen molar-refractivity contribution in [3.8, 4) is 0 Å². The molecule has 0 heterocycles. The van der Waals surface area contributed by atoms with E-state index in [-0.39, 0.29) is 12.2 Å². The van der Waals surface area contributed by atoms with Gasteiger partial charge in [0.25, 0.3) is 0 Å². The molecule has 1 N–H and O–H groups in total. The minimum atomic E-state index is -0.876. The molecule has 0 saturated heterocycles. The number of ether oxygens (including phenoxy) is 2. The van der Waals surface area contributed by atoms with Crippen molar-refractivity contribution in [1.82, 2.24) is 0 Å². The Bertz CT molecular complexity index is 164. The zero-order valence-corrected chi connectivity index (χ0v) is 7.37. The van der Waals surface area contributed by atoms with E-state index in [4.69, 9.17) is 14.6 Å². The molecule has 0 aliphatic heterocycles. The van der Waals surface area contributed by atoms with Crippen molar-refractivity contribution < 1.29 is 19.4 Å². The number of aliphatic hydroxyl groups excluding tert-OH is 1. The molecule has 0 aliphatic rings. The van der Waals surface area contributed by atoms with Crippen LogP contribution in [0, 0.1) is 0 Å². The lowest BCUT2D eigenvalue weighted by atomic mass is 10.4. The predicted molar refractivity (Wildman–Crippen MR) is 43.4 cm³/mol. The van der Waals surface area contributed by atoms with Crippen molar-refractivity contribution in [3.63, 3.8) is 0 Å². The van der Waals surface area contributed by atoms with E-state index in [0.717, 1.165) is 0 Å². The fourth-order valence-electron chi connectivity index (χ4n) is 0.530. The molecule has 0 amide bonds. The number of aliphatic hydroxyl groups is 1. The summed E-state index contributed by atoms with van der Waals surface area (Å²) in [6.07, 6.45) is -0.876. The molecule has 0 aliphatic carbocycles. The lowest BCUT2D eigenvalue weighted by Crippen LogP contribution is -2.25. The molecule has 1 atom stereocenters. The van der Waals surface area contributed by atoms with Gasteiger partial charge in [-0.3, -0.25) is 0 Å². The summed E-state index contributed by atoms with van der Waals surface area (Å²) in [6, 6.07) is 0. The van der Waals surface area contributed by atoms with Gasteiger partial charge in [-0.15, -0.1) is 0 Å². The maximum absolute atomic E-state index is 10.9. The van der Waals surface area contributed by atoms with Crippen molar-refractivity contribution in [2.75, 3.05) is 13.2 Å². The second kappa shape index (κ2) is 5.74. The summed E-state index contributed by atoms with van der Waals surface area (Å²) < 4.78 is 9.57. The molecule has 0 aromatic rings. The standard InChI is InChI=1S/C8H14O4/c1-4-11-7(5-9)12-8(10)6(2)3/h7,9H,2,4-5H2,1,3H3. The second-order valence-electron chi connectivity index (χ2n) is 2.25. The highest BCUT2D eigenvalue weighted by atomic mass is 16.7. The molecule has 70 valence electrons. The Labute approximate surface area is 71.8 Å². The van der Waals surface area contributed by atoms with Crippen LogP contribution in [0.1, 0.15) is 13.8 Å². The largest absolute Gasteiger partial charge is 0.430 e. The third-order valence-electron chi connectivity index (χ3n) is 1.09. The Hall–Kier alpha value is -0.870. The van der Waals surface area contributed by atoms with Crippen molar-refractivity contribution in [2.45, 2.75) is 20.1 Å². The molecule has 12 heavy (non-hydrogen) atoms. The van der Waals surface area contributed by atoms with E-state index in [2.05, 4.69) is 6.58 Å². The summed E-state index contributed by atoms with van der Waals surface area (Å²) in [7, 11) is 0. The normalized spacial score (nSPS) is 12.2. The van der Waals surface area contributed by atoms with Gasteiger partial charge < -0.3 is 14.6 Å². The van der Waals surface area contributed by atoms with Gasteiger partial charge in [-0.25, -0.2) is 4.79 Å². The Balaban J connectivity index is 3.85. The van der Waals surface area contributed by atoms with E-state index in [0.29, 0.717) is 6.61 Å². The average Bonchev–Trinajstić information content (AvgIpc) is 2.03. The molecule has 0 rings (SSSR count). The molecule has 0 bridgehead atoms. The zero-order valence-electron chi connectivity index (χ0n) is 7.37. The Kier molecular flexibility index (Phi) is 5.32. The minimum absolute atomic E-state index is 0.285. The van der Waals surface area contributed by atoms with E-state index >= 15 is 0 Å². The lowest BCUT2D eigenvalue weighted by molar-refractivity contribution is -0.181. The molecule has 1 unspecified atom stereocenters. The minimum Gasteiger partial charge on any atom is -0.430 e. The number of hydrogen-bond donors (Lipinski definition) is 1. The summed E-state index contributed by atoms with van der Waals surface area (Å²) in [5, 5.41) is 8.66. The molecule has 4 heteroatoms. The van der Waals surface area contributed by atoms with Crippen LogP contribution in [0.2, 0.25) is 0 Å². The van der Waals surface area contributed by atoms with Gasteiger partial charge >= 0.3 is 5.97 Å². The highest BCUT2D eigenvalue weighted by Gasteiger charge is 2.12. The summed E-state index contributed by atoms with van der Waals surface area (Å²) in [6.45, 7) is 6.71. The maximum Gasteiger partial charge on any atom is 0.335 e. The first-order chi connectivity index (χ1) is 5.61. The van der Waals surface area contributed by atoms with Crippen LogP contribution >= 0.6 is 0 Å². The number of carbonyl (C=O) groups is 1. The Morgan fingerprint density at radius 3 is 2.58 bits per heavy atom. The highest BCUT2D eigenvalue weighted by Crippen LogP contribution is 1.99. The SMILES string of the molecule is C=C(C)C(=O)OC(CO)OCC. The first-order valence-electron chi connectivity index (χ1n) is 3.70. The lowest BCUT2D eigenvalue weighted by Gasteiger charge is -2.14. The summed E-state index contributed by atoms with van der Waals surface area (Å²) in [4.78, 5) is 10.9. The second-order valence-corrected chi connectivity index (χ2v) is 2.25. The Morgan fingerprint density at radius 1 is 1.67 bits per heavy atom. The van der Waals surface area contributed by atoms with Gasteiger partial charge in [0.1, 0.15) is 6.61 Å². The quantitative estimate of drug-likeness (QED) is 0.374. The third-order valence-corrected chi connectivity index (χ3v) is 1.09. The van der Waals surface area contributed by atoms with Crippen LogP contribution in [0.3, 0.4) is 0 Å². The van der Waals surface area contributed by atoms with Crippen LogP contribution in [-0.2, 0) is 14.3 Å². The summed E-state index contributed by atoms with van der Waals surface area (Å²) in [5.74, 6) is -0.553. The van der Waals surface area contributed by atoms with Crippen LogP contribution in [0.5, 0.6) is 0 Å². The van der Waals surface area contributed by atoms with E-state index < -0.39 is 12.3 Å². The smallest absolute Gasteiger partial charge is 0.335 e. The molecule has 0 aromatic heterocycles. The van der Waals surface area contributed by atoms with Gasteiger partial charge in [0.05, 0.1) is 0 Å². The first-order valence-corrected chi connectivity index (χ1v) is 3.70. The fourth-order valence-corrected chi connectivity index (χ4v) is 0.530. The van der Waals surface area contributed by atoms with E-state index in [9.17, 15) is 4.79 Å². The summed E-state index contributed by atoms with van der Waals surface area (Å²) in [5.41, 5.74) is 0.285. The van der Waals surface area contributed by atoms with Gasteiger partial charge in [-0.05, 0) is 13.8 Å². The third kappa shape index (κ3) is 4.10. The highest BCUT2D eigenvalue weighted by molar-refractivity contribution is 5.86. The van der Waals surface area contributed by atoms with E-state index in [1.54, 1.807) is 6.92 Å². The van der Waals surface area contributed by atoms with E-state index in [1.165, 1.54) is 6.92 Å². The van der Waals surface area contributed by atoms with Crippen LogP contribution in [0.25, 0.3) is 0 Å². The van der Waals surface area contributed by atoms with Crippen molar-refractivity contribution >= 4 is 5.97 Å². The number of esters is 1. The van der Waals surface area contributed by atoms with Crippen LogP contribution < -0.4 is 0 Å². The monoisotopic (exact) mass is 174 g/mol. The molecular formula is C8H14O4. The van der Waals surface area contributed by atoms with Crippen molar-refractivity contribution in [3.05, 3.63) is 12.2 Å². The number of carbonyl (C=O) groups excluding carboxylic acids is 1. The molecule has 0 fully saturated rings. The van der Waals surface area contributed by atoms with Crippen LogP contribution in [-0.4, -0.2) is 30.6 Å². The average molecular weight is 174 g/mol. The van der Waals surface area contributed by atoms with E-state index in [1.807, 2.05) is 0 Å². The topological polar surface area (TPSA) is 55.8 Å². The van der Waals surface area contributed by atoms with Gasteiger partial charge in [0.15, 0.2) is 0 Å². The Morgan fingerprint density at radius 2 is 2.25 bits per heavy atom. The molecular weight excluding hydrogens is 160 g/mol. The first kappa shape index (κ1) is 11.1. The van der Waals surface area contributed by atoms with Gasteiger partial charge in [-0.2, -0.15) is 0 Å². The summed E-state index contributed by atoms with van der Waals surface area (Å²) >= 11 is 0. The number of hydrogen-bond acceptors (Lipinski definition) is 4. The predicted octanol–water partition coefficient (Wildman–Crippen LogP) is 0.461.